The fraction of sp³-hybridized carbons (Fsp3) is 0.583. The van der Waals surface area contributed by atoms with Crippen molar-refractivity contribution >= 4 is 33.9 Å². The molecule has 1 aromatic carbocycles. The number of carbonyl (C=O) groups excluding carboxylic acids is 1. The highest BCUT2D eigenvalue weighted by Gasteiger charge is 2.30. The number of likely N-dealkylation sites (tertiary alicyclic amines) is 1. The second kappa shape index (κ2) is 15.5. The predicted octanol–water partition coefficient (Wildman–Crippen LogP) is 8.77. The van der Waals surface area contributed by atoms with Gasteiger partial charge < -0.3 is 15.0 Å². The molecule has 2 aromatic rings. The molecule has 2 heterocycles. The maximum Gasteiger partial charge on any atom is 0.228 e. The molecular formula is C36H54N4O2. The van der Waals surface area contributed by atoms with Gasteiger partial charge in [0, 0.05) is 35.4 Å². The number of unbranched alkanes of at least 4 members (excludes halogenated alkanes) is 2. The standard InChI is InChI=1S/C36H54N4O2/c1-9-12-13-14-33(41)25(7)36(42)40-19-17-28(18-20-40)29-15-16-32-30(22-29)34(23(4)5)35(39-32)27(10-2)21-24(6)31(11-3)38-26(8)37/h10,15-16,21-23,25,28,33,37,39,41H,9,11-14,17-20H2,1-8H3/b24-21-,27-10+,37-26?,38-31?. The smallest absolute Gasteiger partial charge is 0.228 e. The molecular weight excluding hydrogens is 520 g/mol. The number of allylic oxidation sites excluding steroid dienone is 4. The van der Waals surface area contributed by atoms with Crippen molar-refractivity contribution in [2.24, 2.45) is 10.9 Å². The average molecular weight is 575 g/mol. The van der Waals surface area contributed by atoms with Crippen molar-refractivity contribution in [2.45, 2.75) is 118 Å². The van der Waals surface area contributed by atoms with Crippen LogP contribution < -0.4 is 0 Å². The van der Waals surface area contributed by atoms with E-state index in [9.17, 15) is 9.90 Å². The third kappa shape index (κ3) is 8.09. The van der Waals surface area contributed by atoms with Gasteiger partial charge in [0.2, 0.25) is 5.91 Å². The number of carbonyl (C=O) groups is 1. The first-order chi connectivity index (χ1) is 20.0. The van der Waals surface area contributed by atoms with Crippen LogP contribution in [0.2, 0.25) is 0 Å². The van der Waals surface area contributed by atoms with E-state index in [1.807, 2.05) is 11.8 Å². The van der Waals surface area contributed by atoms with Crippen LogP contribution in [0.25, 0.3) is 16.5 Å². The Hall–Kier alpha value is -2.99. The number of piperidine rings is 1. The number of benzene rings is 1. The number of amidine groups is 1. The third-order valence-electron chi connectivity index (χ3n) is 8.85. The number of rotatable bonds is 12. The molecule has 0 bridgehead atoms. The zero-order valence-electron chi connectivity index (χ0n) is 27.3. The topological polar surface area (TPSA) is 92.5 Å². The highest BCUT2D eigenvalue weighted by molar-refractivity contribution is 6.07. The van der Waals surface area contributed by atoms with Gasteiger partial charge in [-0.25, -0.2) is 4.99 Å². The van der Waals surface area contributed by atoms with Gasteiger partial charge in [0.25, 0.3) is 0 Å². The van der Waals surface area contributed by atoms with E-state index in [-0.39, 0.29) is 11.8 Å². The third-order valence-corrected chi connectivity index (χ3v) is 8.85. The molecule has 1 fully saturated rings. The molecule has 0 saturated carbocycles. The molecule has 2 atom stereocenters. The van der Waals surface area contributed by atoms with Crippen molar-refractivity contribution in [3.63, 3.8) is 0 Å². The van der Waals surface area contributed by atoms with E-state index in [0.29, 0.717) is 24.1 Å². The molecule has 3 rings (SSSR count). The largest absolute Gasteiger partial charge is 0.392 e. The minimum absolute atomic E-state index is 0.0968. The normalized spacial score (nSPS) is 17.3. The second-order valence-electron chi connectivity index (χ2n) is 12.4. The lowest BCUT2D eigenvalue weighted by Crippen LogP contribution is -2.43. The quantitative estimate of drug-likeness (QED) is 0.102. The van der Waals surface area contributed by atoms with Crippen LogP contribution in [0.5, 0.6) is 0 Å². The van der Waals surface area contributed by atoms with Gasteiger partial charge in [-0.1, -0.05) is 66.0 Å². The molecule has 1 aliphatic heterocycles. The number of nitrogens with one attached hydrogen (secondary N) is 2. The van der Waals surface area contributed by atoms with Crippen molar-refractivity contribution in [1.29, 1.82) is 5.41 Å². The first-order valence-corrected chi connectivity index (χ1v) is 16.1. The van der Waals surface area contributed by atoms with Crippen molar-refractivity contribution < 1.29 is 9.90 Å². The van der Waals surface area contributed by atoms with Gasteiger partial charge in [-0.15, -0.1) is 0 Å². The van der Waals surface area contributed by atoms with Gasteiger partial charge in [-0.05, 0) is 98.8 Å². The number of aliphatic hydroxyl groups excluding tert-OH is 1. The fourth-order valence-electron chi connectivity index (χ4n) is 6.32. The summed E-state index contributed by atoms with van der Waals surface area (Å²) in [6.45, 7) is 18.0. The number of nitrogens with zero attached hydrogens (tertiary/aromatic N) is 2. The molecule has 230 valence electrons. The maximum absolute atomic E-state index is 13.1. The lowest BCUT2D eigenvalue weighted by Gasteiger charge is -2.34. The van der Waals surface area contributed by atoms with Gasteiger partial charge in [0.05, 0.1) is 12.0 Å². The molecule has 42 heavy (non-hydrogen) atoms. The van der Waals surface area contributed by atoms with Crippen LogP contribution in [0.15, 0.2) is 40.9 Å². The Labute approximate surface area is 253 Å². The zero-order chi connectivity index (χ0) is 31.0. The summed E-state index contributed by atoms with van der Waals surface area (Å²) in [6, 6.07) is 6.84. The van der Waals surface area contributed by atoms with Crippen LogP contribution in [-0.4, -0.2) is 51.6 Å². The number of hydrogen-bond donors (Lipinski definition) is 3. The summed E-state index contributed by atoms with van der Waals surface area (Å²) >= 11 is 0. The monoisotopic (exact) mass is 574 g/mol. The number of amides is 1. The molecule has 3 N–H and O–H groups in total. The Bertz CT molecular complexity index is 1320. The van der Waals surface area contributed by atoms with E-state index in [1.54, 1.807) is 6.92 Å². The van der Waals surface area contributed by atoms with Gasteiger partial charge in [0.1, 0.15) is 5.84 Å². The van der Waals surface area contributed by atoms with Crippen LogP contribution in [0.3, 0.4) is 0 Å². The van der Waals surface area contributed by atoms with E-state index in [1.165, 1.54) is 16.5 Å². The Morgan fingerprint density at radius 3 is 2.43 bits per heavy atom. The van der Waals surface area contributed by atoms with Crippen LogP contribution >= 0.6 is 0 Å². The zero-order valence-corrected chi connectivity index (χ0v) is 27.3. The lowest BCUT2D eigenvalue weighted by molar-refractivity contribution is -0.139. The Morgan fingerprint density at radius 2 is 1.86 bits per heavy atom. The number of hydrogen-bond acceptors (Lipinski definition) is 3. The van der Waals surface area contributed by atoms with E-state index in [2.05, 4.69) is 81.9 Å². The van der Waals surface area contributed by atoms with Crippen LogP contribution in [0.4, 0.5) is 0 Å². The molecule has 1 aliphatic rings. The predicted molar refractivity (Wildman–Crippen MR) is 179 cm³/mol. The van der Waals surface area contributed by atoms with E-state index < -0.39 is 6.10 Å². The summed E-state index contributed by atoms with van der Waals surface area (Å²) in [7, 11) is 0. The van der Waals surface area contributed by atoms with E-state index in [4.69, 9.17) is 5.41 Å². The molecule has 1 aromatic heterocycles. The van der Waals surface area contributed by atoms with Crippen LogP contribution in [0, 0.1) is 11.3 Å². The molecule has 1 saturated heterocycles. The van der Waals surface area contributed by atoms with Crippen molar-refractivity contribution in [1.82, 2.24) is 9.88 Å². The Morgan fingerprint density at radius 1 is 1.17 bits per heavy atom. The molecule has 2 unspecified atom stereocenters. The first-order valence-electron chi connectivity index (χ1n) is 16.1. The maximum atomic E-state index is 13.1. The fourth-order valence-corrected chi connectivity index (χ4v) is 6.32. The van der Waals surface area contributed by atoms with Gasteiger partial charge in [-0.2, -0.15) is 0 Å². The average Bonchev–Trinajstić information content (AvgIpc) is 3.36. The molecule has 1 amide bonds. The minimum atomic E-state index is -0.553. The second-order valence-corrected chi connectivity index (χ2v) is 12.4. The Balaban J connectivity index is 1.82. The van der Waals surface area contributed by atoms with Crippen LogP contribution in [0.1, 0.15) is 129 Å². The summed E-state index contributed by atoms with van der Waals surface area (Å²) in [5.74, 6) is 0.832. The molecule has 0 aliphatic carbocycles. The molecule has 0 spiro atoms. The van der Waals surface area contributed by atoms with Crippen molar-refractivity contribution in [3.8, 4) is 0 Å². The lowest BCUT2D eigenvalue weighted by atomic mass is 9.86. The molecule has 0 radical (unpaired) electrons. The summed E-state index contributed by atoms with van der Waals surface area (Å²) < 4.78 is 0. The van der Waals surface area contributed by atoms with Crippen LogP contribution in [-0.2, 0) is 4.79 Å². The Kier molecular flexibility index (Phi) is 12.3. The van der Waals surface area contributed by atoms with Gasteiger partial charge >= 0.3 is 0 Å². The highest BCUT2D eigenvalue weighted by atomic mass is 16.3. The number of aromatic amines is 1. The number of H-pyrrole nitrogens is 1. The van der Waals surface area contributed by atoms with E-state index in [0.717, 1.165) is 79.7 Å². The number of aliphatic hydroxyl groups is 1. The number of aliphatic imine (C=N–C) groups is 1. The van der Waals surface area contributed by atoms with Gasteiger partial charge in [0.15, 0.2) is 0 Å². The minimum Gasteiger partial charge on any atom is -0.392 e. The van der Waals surface area contributed by atoms with Crippen molar-refractivity contribution in [2.75, 3.05) is 13.1 Å². The number of fused-ring (bicyclic) bond motifs is 1. The van der Waals surface area contributed by atoms with Gasteiger partial charge in [-0.3, -0.25) is 10.2 Å². The summed E-state index contributed by atoms with van der Waals surface area (Å²) in [5, 5.41) is 19.6. The SMILES string of the molecule is C/C=C(\C=C(\C)C(CC)=NC(C)=N)c1[nH]c2ccc(C3CCN(C(=O)C(C)C(O)CCCCC)CC3)cc2c1C(C)C. The highest BCUT2D eigenvalue weighted by Crippen LogP contribution is 2.37. The van der Waals surface area contributed by atoms with Crippen molar-refractivity contribution in [3.05, 3.63) is 52.7 Å². The number of aromatic nitrogens is 1. The molecule has 6 nitrogen and oxygen atoms in total. The summed E-state index contributed by atoms with van der Waals surface area (Å²) in [5.41, 5.74) is 8.10. The summed E-state index contributed by atoms with van der Waals surface area (Å²) in [6.07, 6.45) is 10.4. The van der Waals surface area contributed by atoms with E-state index >= 15 is 0 Å². The summed E-state index contributed by atoms with van der Waals surface area (Å²) in [4.78, 5) is 23.3. The first kappa shape index (κ1) is 33.5. The molecule has 6 heteroatoms.